The Hall–Kier alpha value is -2.17. The Balaban J connectivity index is 1.94. The van der Waals surface area contributed by atoms with E-state index in [0.717, 1.165) is 29.9 Å². The summed E-state index contributed by atoms with van der Waals surface area (Å²) in [6, 6.07) is 4.90. The lowest BCUT2D eigenvalue weighted by Crippen LogP contribution is -2.53. The number of fused-ring (bicyclic) bond motifs is 1. The average Bonchev–Trinajstić information content (AvgIpc) is 2.34. The van der Waals surface area contributed by atoms with E-state index in [1.165, 1.54) is 0 Å². The first-order valence-electron chi connectivity index (χ1n) is 6.20. The van der Waals surface area contributed by atoms with Gasteiger partial charge in [-0.2, -0.15) is 0 Å². The predicted octanol–water partition coefficient (Wildman–Crippen LogP) is 2.17. The van der Waals surface area contributed by atoms with Gasteiger partial charge in [-0.25, -0.2) is 14.8 Å². The van der Waals surface area contributed by atoms with Gasteiger partial charge in [0.25, 0.3) is 0 Å². The molecule has 1 aliphatic heterocycles. The number of anilines is 1. The Morgan fingerprint density at radius 3 is 2.74 bits per heavy atom. The van der Waals surface area contributed by atoms with E-state index in [2.05, 4.69) is 28.7 Å². The van der Waals surface area contributed by atoms with Crippen LogP contribution in [0.2, 0.25) is 0 Å². The Labute approximate surface area is 110 Å². The van der Waals surface area contributed by atoms with Gasteiger partial charge in [0.05, 0.1) is 11.1 Å². The number of aromatic nitrogens is 2. The van der Waals surface area contributed by atoms with Gasteiger partial charge in [0.2, 0.25) is 5.95 Å². The minimum absolute atomic E-state index is 0.258. The van der Waals surface area contributed by atoms with Crippen LogP contribution in [0.1, 0.15) is 24.2 Å². The zero-order valence-electron chi connectivity index (χ0n) is 10.9. The highest BCUT2D eigenvalue weighted by atomic mass is 16.4. The lowest BCUT2D eigenvalue weighted by molar-refractivity contribution is 0.0697. The Morgan fingerprint density at radius 1 is 1.37 bits per heavy atom. The maximum Gasteiger partial charge on any atom is 0.335 e. The van der Waals surface area contributed by atoms with Gasteiger partial charge in [0.1, 0.15) is 0 Å². The van der Waals surface area contributed by atoms with Crippen molar-refractivity contribution in [1.82, 2.24) is 9.97 Å². The zero-order valence-corrected chi connectivity index (χ0v) is 10.9. The van der Waals surface area contributed by atoms with Crippen LogP contribution in [0.25, 0.3) is 10.9 Å². The highest BCUT2D eigenvalue weighted by Crippen LogP contribution is 2.31. The van der Waals surface area contributed by atoms with E-state index in [9.17, 15) is 4.79 Å². The number of carboxylic acid groups (broad SMARTS) is 1. The molecule has 0 aliphatic carbocycles. The van der Waals surface area contributed by atoms with Crippen LogP contribution in [0.15, 0.2) is 24.4 Å². The third-order valence-corrected chi connectivity index (χ3v) is 3.33. The molecule has 1 N–H and O–H groups in total. The molecular formula is C14H15N3O2. The second-order valence-electron chi connectivity index (χ2n) is 5.77. The number of benzene rings is 1. The molecule has 1 aromatic carbocycles. The van der Waals surface area contributed by atoms with Crippen molar-refractivity contribution in [3.05, 3.63) is 30.0 Å². The first kappa shape index (κ1) is 11.9. The molecule has 2 aromatic rings. The summed E-state index contributed by atoms with van der Waals surface area (Å²) < 4.78 is 0. The summed E-state index contributed by atoms with van der Waals surface area (Å²) in [6.45, 7) is 6.32. The Kier molecular flexibility index (Phi) is 2.45. The molecule has 5 nitrogen and oxygen atoms in total. The van der Waals surface area contributed by atoms with Crippen LogP contribution >= 0.6 is 0 Å². The van der Waals surface area contributed by atoms with E-state index >= 15 is 0 Å². The normalized spacial score (nSPS) is 17.3. The minimum atomic E-state index is -0.935. The molecule has 1 aromatic heterocycles. The lowest BCUT2D eigenvalue weighted by Gasteiger charge is -2.45. The van der Waals surface area contributed by atoms with Crippen LogP contribution in [-0.2, 0) is 0 Å². The smallest absolute Gasteiger partial charge is 0.335 e. The van der Waals surface area contributed by atoms with Gasteiger partial charge >= 0.3 is 5.97 Å². The molecule has 98 valence electrons. The predicted molar refractivity (Wildman–Crippen MR) is 72.5 cm³/mol. The fourth-order valence-electron chi connectivity index (χ4n) is 2.44. The van der Waals surface area contributed by atoms with E-state index < -0.39 is 5.97 Å². The van der Waals surface area contributed by atoms with Crippen molar-refractivity contribution in [3.8, 4) is 0 Å². The second kappa shape index (κ2) is 3.91. The van der Waals surface area contributed by atoms with Crippen LogP contribution in [-0.4, -0.2) is 34.1 Å². The van der Waals surface area contributed by atoms with Crippen LogP contribution in [0.5, 0.6) is 0 Å². The molecule has 1 saturated heterocycles. The Morgan fingerprint density at radius 2 is 2.11 bits per heavy atom. The standard InChI is InChI=1S/C14H15N3O2/c1-14(2)7-17(8-14)13-15-6-10-5-9(12(18)19)3-4-11(10)16-13/h3-6H,7-8H2,1-2H3,(H,18,19). The summed E-state index contributed by atoms with van der Waals surface area (Å²) in [5.74, 6) is -0.217. The van der Waals surface area contributed by atoms with Crippen molar-refractivity contribution >= 4 is 22.8 Å². The third-order valence-electron chi connectivity index (χ3n) is 3.33. The third kappa shape index (κ3) is 2.12. The molecule has 19 heavy (non-hydrogen) atoms. The van der Waals surface area contributed by atoms with Crippen molar-refractivity contribution in [2.24, 2.45) is 5.41 Å². The molecule has 0 unspecified atom stereocenters. The molecule has 0 atom stereocenters. The van der Waals surface area contributed by atoms with E-state index in [4.69, 9.17) is 5.11 Å². The van der Waals surface area contributed by atoms with Gasteiger partial charge in [0.15, 0.2) is 0 Å². The molecule has 0 spiro atoms. The van der Waals surface area contributed by atoms with Crippen molar-refractivity contribution in [2.45, 2.75) is 13.8 Å². The zero-order chi connectivity index (χ0) is 13.6. The molecule has 1 fully saturated rings. The van der Waals surface area contributed by atoms with Crippen molar-refractivity contribution in [1.29, 1.82) is 0 Å². The molecule has 2 heterocycles. The van der Waals surface area contributed by atoms with Gasteiger partial charge < -0.3 is 10.0 Å². The molecule has 0 radical (unpaired) electrons. The van der Waals surface area contributed by atoms with Crippen molar-refractivity contribution in [3.63, 3.8) is 0 Å². The summed E-state index contributed by atoms with van der Waals surface area (Å²) in [5, 5.41) is 9.70. The highest BCUT2D eigenvalue weighted by Gasteiger charge is 2.35. The van der Waals surface area contributed by atoms with E-state index in [-0.39, 0.29) is 5.56 Å². The van der Waals surface area contributed by atoms with Crippen LogP contribution in [0.3, 0.4) is 0 Å². The fourth-order valence-corrected chi connectivity index (χ4v) is 2.44. The second-order valence-corrected chi connectivity index (χ2v) is 5.77. The van der Waals surface area contributed by atoms with Crippen LogP contribution < -0.4 is 4.90 Å². The first-order valence-corrected chi connectivity index (χ1v) is 6.20. The number of aromatic carboxylic acids is 1. The fraction of sp³-hybridized carbons (Fsp3) is 0.357. The number of nitrogens with zero attached hydrogens (tertiary/aromatic N) is 3. The molecule has 5 heteroatoms. The topological polar surface area (TPSA) is 66.3 Å². The van der Waals surface area contributed by atoms with Crippen molar-refractivity contribution in [2.75, 3.05) is 18.0 Å². The average molecular weight is 257 g/mol. The van der Waals surface area contributed by atoms with Gasteiger partial charge in [-0.15, -0.1) is 0 Å². The first-order chi connectivity index (χ1) is 8.94. The number of hydrogen-bond donors (Lipinski definition) is 1. The molecule has 0 amide bonds. The van der Waals surface area contributed by atoms with E-state index in [0.29, 0.717) is 5.41 Å². The summed E-state index contributed by atoms with van der Waals surface area (Å²) in [5.41, 5.74) is 1.36. The van der Waals surface area contributed by atoms with E-state index in [1.807, 2.05) is 0 Å². The largest absolute Gasteiger partial charge is 0.478 e. The summed E-state index contributed by atoms with van der Waals surface area (Å²) in [6.07, 6.45) is 1.69. The molecule has 0 saturated carbocycles. The monoisotopic (exact) mass is 257 g/mol. The minimum Gasteiger partial charge on any atom is -0.478 e. The molecular weight excluding hydrogens is 242 g/mol. The van der Waals surface area contributed by atoms with Crippen LogP contribution in [0.4, 0.5) is 5.95 Å². The highest BCUT2D eigenvalue weighted by molar-refractivity contribution is 5.93. The lowest BCUT2D eigenvalue weighted by atomic mass is 9.85. The number of rotatable bonds is 2. The van der Waals surface area contributed by atoms with E-state index in [1.54, 1.807) is 24.4 Å². The molecule has 3 rings (SSSR count). The number of hydrogen-bond acceptors (Lipinski definition) is 4. The van der Waals surface area contributed by atoms with Gasteiger partial charge in [-0.3, -0.25) is 0 Å². The van der Waals surface area contributed by atoms with Gasteiger partial charge in [-0.1, -0.05) is 13.8 Å². The van der Waals surface area contributed by atoms with Gasteiger partial charge in [-0.05, 0) is 23.6 Å². The summed E-state index contributed by atoms with van der Waals surface area (Å²) in [7, 11) is 0. The quantitative estimate of drug-likeness (QED) is 0.893. The Bertz CT molecular complexity index is 659. The maximum atomic E-state index is 10.9. The number of carbonyl (C=O) groups is 1. The van der Waals surface area contributed by atoms with Gasteiger partial charge in [0, 0.05) is 24.7 Å². The molecule has 1 aliphatic rings. The summed E-state index contributed by atoms with van der Waals surface area (Å²) >= 11 is 0. The SMILES string of the molecule is CC1(C)CN(c2ncc3cc(C(=O)O)ccc3n2)C1. The summed E-state index contributed by atoms with van der Waals surface area (Å²) in [4.78, 5) is 21.8. The van der Waals surface area contributed by atoms with Crippen molar-refractivity contribution < 1.29 is 9.90 Å². The molecule has 0 bridgehead atoms. The maximum absolute atomic E-state index is 10.9. The van der Waals surface area contributed by atoms with Crippen LogP contribution in [0, 0.1) is 5.41 Å². The number of carboxylic acids is 1.